The van der Waals surface area contributed by atoms with Crippen LogP contribution in [-0.4, -0.2) is 161 Å². The molecule has 12 N–H and O–H groups in total. The van der Waals surface area contributed by atoms with E-state index in [1.807, 2.05) is 0 Å². The first-order chi connectivity index (χ1) is 29.4. The van der Waals surface area contributed by atoms with Crippen molar-refractivity contribution in [3.8, 4) is 40.2 Å². The number of esters is 2. The molecule has 3 aliphatic heterocycles. The molecular weight excluding hydrogens is 832 g/mol. The Morgan fingerprint density at radius 1 is 0.726 bits per heavy atom. The molecule has 62 heavy (non-hydrogen) atoms. The number of carbonyl (C=O) groups is 3. The molecule has 0 saturated carbocycles. The third-order valence-electron chi connectivity index (χ3n) is 9.77. The molecule has 0 aromatic heterocycles. The summed E-state index contributed by atoms with van der Waals surface area (Å²) in [5, 5.41) is 115. The summed E-state index contributed by atoms with van der Waals surface area (Å²) >= 11 is 0. The molecule has 3 aliphatic rings. The second kappa shape index (κ2) is 19.1. The average Bonchev–Trinajstić information content (AvgIpc) is 3.23. The second-order valence-corrected chi connectivity index (χ2v) is 14.1. The molecular formula is C40H43O22+. The molecule has 22 nitrogen and oxygen atoms in total. The van der Waals surface area contributed by atoms with E-state index in [2.05, 4.69) is 4.74 Å². The van der Waals surface area contributed by atoms with Gasteiger partial charge in [-0.3, -0.25) is 9.59 Å². The minimum Gasteiger partial charge on any atom is -0.571 e. The summed E-state index contributed by atoms with van der Waals surface area (Å²) in [5.74, 6) is -6.10. The highest BCUT2D eigenvalue weighted by atomic mass is 16.7. The van der Waals surface area contributed by atoms with Crippen LogP contribution in [0.25, 0.3) is 12.2 Å². The molecule has 3 aromatic rings. The van der Waals surface area contributed by atoms with Crippen LogP contribution < -0.4 is 9.47 Å². The predicted octanol–water partition coefficient (Wildman–Crippen LogP) is -0.860. The minimum atomic E-state index is -1.97. The van der Waals surface area contributed by atoms with E-state index in [1.165, 1.54) is 55.7 Å². The van der Waals surface area contributed by atoms with E-state index in [1.54, 1.807) is 0 Å². The number of methoxy groups -OCH3 is 1. The van der Waals surface area contributed by atoms with Crippen molar-refractivity contribution in [1.29, 1.82) is 0 Å². The number of phenols is 4. The molecule has 3 aromatic carbocycles. The van der Waals surface area contributed by atoms with Crippen LogP contribution in [0, 0.1) is 0 Å². The summed E-state index contributed by atoms with van der Waals surface area (Å²) in [6.07, 6.45) is -16.9. The zero-order valence-corrected chi connectivity index (χ0v) is 32.3. The number of aliphatic hydroxyl groups is 7. The van der Waals surface area contributed by atoms with Gasteiger partial charge in [-0.2, -0.15) is 0 Å². The van der Waals surface area contributed by atoms with Gasteiger partial charge in [0.05, 0.1) is 18.7 Å². The quantitative estimate of drug-likeness (QED) is 0.0309. The average molecular weight is 876 g/mol. The third-order valence-corrected chi connectivity index (χ3v) is 9.77. The molecule has 0 amide bonds. The van der Waals surface area contributed by atoms with Crippen molar-refractivity contribution in [2.75, 3.05) is 20.3 Å². The molecule has 3 heterocycles. The molecule has 0 aliphatic carbocycles. The SMILES string of the molecule is COc1cc(C2[OH+]c3cc(O)cc(OC4OC(COC(=O)CC(=O)O)C(O)C(O)C4O)c3C=C2OC2OC(COC(=O)C=Cc3ccc(O)cc3)C(O)C(O)C2O)cc(O)c1O. The van der Waals surface area contributed by atoms with Crippen LogP contribution in [0.2, 0.25) is 0 Å². The number of ether oxygens (including phenoxy) is 8. The van der Waals surface area contributed by atoms with E-state index in [4.69, 9.17) is 38.3 Å². The zero-order chi connectivity index (χ0) is 45.0. The number of hydrogen-bond acceptors (Lipinski definition) is 20. The molecule has 2 saturated heterocycles. The predicted molar refractivity (Wildman–Crippen MR) is 203 cm³/mol. The summed E-state index contributed by atoms with van der Waals surface area (Å²) in [5.41, 5.74) is 0.605. The molecule has 22 heteroatoms. The van der Waals surface area contributed by atoms with Crippen molar-refractivity contribution < 1.29 is 108 Å². The number of carboxylic acid groups (broad SMARTS) is 1. The number of rotatable bonds is 14. The Morgan fingerprint density at radius 2 is 1.34 bits per heavy atom. The fraction of sp³-hybridized carbons (Fsp3) is 0.375. The Kier molecular flexibility index (Phi) is 13.9. The van der Waals surface area contributed by atoms with Gasteiger partial charge in [0.2, 0.25) is 18.3 Å². The number of hydrogen-bond donors (Lipinski definition) is 11. The third kappa shape index (κ3) is 10.2. The largest absolute Gasteiger partial charge is 0.571 e. The highest BCUT2D eigenvalue weighted by molar-refractivity contribution is 5.90. The fourth-order valence-corrected chi connectivity index (χ4v) is 6.51. The van der Waals surface area contributed by atoms with Crippen LogP contribution in [0.1, 0.15) is 29.2 Å². The lowest BCUT2D eigenvalue weighted by Gasteiger charge is -2.41. The van der Waals surface area contributed by atoms with Crippen LogP contribution in [-0.2, 0) is 38.1 Å². The van der Waals surface area contributed by atoms with Crippen LogP contribution in [0.5, 0.6) is 40.2 Å². The smallest absolute Gasteiger partial charge is 0.330 e. The van der Waals surface area contributed by atoms with Crippen LogP contribution in [0.15, 0.2) is 60.4 Å². The normalized spacial score (nSPS) is 28.2. The van der Waals surface area contributed by atoms with E-state index >= 15 is 0 Å². The highest BCUT2D eigenvalue weighted by Crippen LogP contribution is 2.48. The summed E-state index contributed by atoms with van der Waals surface area (Å²) in [6.45, 7) is -1.42. The van der Waals surface area contributed by atoms with Crippen molar-refractivity contribution in [2.45, 2.75) is 73.9 Å². The summed E-state index contributed by atoms with van der Waals surface area (Å²) in [4.78, 5) is 35.3. The minimum absolute atomic E-state index is 0.0119. The Morgan fingerprint density at radius 3 is 1.95 bits per heavy atom. The standard InChI is InChI=1S/C40H42O22/c1-55-24-9-17(8-21(43)31(24)48)38-25(60-40-37(54)35(52)32(49)26(62-40)14-56-29(46)7-4-16-2-5-18(41)6-3-16)12-20-22(58-38)10-19(42)11-23(20)59-39-36(53)34(51)33(50)27(61-39)15-57-30(47)13-28(44)45/h2-12,26-27,32-43,48-54H,13-15H2,1H3,(H,44,45)/p+1. The van der Waals surface area contributed by atoms with Crippen LogP contribution >= 0.6 is 0 Å². The number of aromatic hydroxyl groups is 5. The van der Waals surface area contributed by atoms with Gasteiger partial charge in [0.15, 0.2) is 17.3 Å². The first-order valence-electron chi connectivity index (χ1n) is 18.6. The number of fused-ring (bicyclic) bond motifs is 1. The topological polar surface area (TPSA) is 351 Å². The van der Waals surface area contributed by atoms with Crippen molar-refractivity contribution in [3.05, 3.63) is 77.1 Å². The Labute approximate surface area is 349 Å². The maximum absolute atomic E-state index is 12.5. The monoisotopic (exact) mass is 875 g/mol. The van der Waals surface area contributed by atoms with E-state index in [-0.39, 0.29) is 39.9 Å². The first kappa shape index (κ1) is 45.2. The van der Waals surface area contributed by atoms with E-state index in [0.717, 1.165) is 18.2 Å². The molecule has 334 valence electrons. The molecule has 11 unspecified atom stereocenters. The Bertz CT molecular complexity index is 2170. The number of phenolic OH excluding ortho intramolecular Hbond substituents is 4. The lowest BCUT2D eigenvalue weighted by atomic mass is 9.98. The number of carbonyl (C=O) groups excluding carboxylic acids is 2. The number of benzene rings is 3. The second-order valence-electron chi connectivity index (χ2n) is 14.1. The molecule has 0 spiro atoms. The number of aliphatic carboxylic acids is 1. The molecule has 0 bridgehead atoms. The van der Waals surface area contributed by atoms with Gasteiger partial charge in [-0.05, 0) is 35.9 Å². The van der Waals surface area contributed by atoms with Gasteiger partial charge >= 0.3 is 17.9 Å². The van der Waals surface area contributed by atoms with Crippen LogP contribution in [0.4, 0.5) is 0 Å². The van der Waals surface area contributed by atoms with Crippen molar-refractivity contribution in [2.24, 2.45) is 0 Å². The van der Waals surface area contributed by atoms with Gasteiger partial charge in [-0.25, -0.2) is 4.79 Å². The molecule has 6 rings (SSSR count). The maximum Gasteiger partial charge on any atom is 0.330 e. The number of aliphatic hydroxyl groups excluding tert-OH is 6. The maximum atomic E-state index is 12.5. The highest BCUT2D eigenvalue weighted by Gasteiger charge is 2.49. The summed E-state index contributed by atoms with van der Waals surface area (Å²) in [6, 6.07) is 10.5. The van der Waals surface area contributed by atoms with E-state index < -0.39 is 122 Å². The van der Waals surface area contributed by atoms with Gasteiger partial charge in [0, 0.05) is 18.2 Å². The van der Waals surface area contributed by atoms with Gasteiger partial charge < -0.3 is 94.1 Å². The lowest BCUT2D eigenvalue weighted by Crippen LogP contribution is -2.60. The van der Waals surface area contributed by atoms with Gasteiger partial charge in [0.1, 0.15) is 91.3 Å². The molecule has 2 fully saturated rings. The van der Waals surface area contributed by atoms with Crippen molar-refractivity contribution in [3.63, 3.8) is 0 Å². The van der Waals surface area contributed by atoms with Gasteiger partial charge in [-0.15, -0.1) is 0 Å². The zero-order valence-electron chi connectivity index (χ0n) is 32.3. The van der Waals surface area contributed by atoms with E-state index in [9.17, 15) is 65.4 Å². The summed E-state index contributed by atoms with van der Waals surface area (Å²) < 4.78 is 43.3. The van der Waals surface area contributed by atoms with Gasteiger partial charge in [-0.1, -0.05) is 12.1 Å². The Balaban J connectivity index is 1.29. The molecule has 0 radical (unpaired) electrons. The van der Waals surface area contributed by atoms with Crippen LogP contribution in [0.3, 0.4) is 0 Å². The summed E-state index contributed by atoms with van der Waals surface area (Å²) in [7, 11) is 1.21. The first-order valence-corrected chi connectivity index (χ1v) is 18.6. The lowest BCUT2D eigenvalue weighted by molar-refractivity contribution is -0.296. The van der Waals surface area contributed by atoms with Crippen molar-refractivity contribution in [1.82, 2.24) is 0 Å². The van der Waals surface area contributed by atoms with E-state index in [0.29, 0.717) is 5.56 Å². The molecule has 11 atom stereocenters. The van der Waals surface area contributed by atoms with Gasteiger partial charge in [0.25, 0.3) is 11.9 Å². The number of carboxylic acids is 1. The Hall–Kier alpha value is -6.37. The van der Waals surface area contributed by atoms with Crippen molar-refractivity contribution >= 4 is 30.1 Å². The fourth-order valence-electron chi connectivity index (χ4n) is 6.51.